The summed E-state index contributed by atoms with van der Waals surface area (Å²) >= 11 is 3.35. The van der Waals surface area contributed by atoms with Gasteiger partial charge in [0, 0.05) is 25.2 Å². The average Bonchev–Trinajstić information content (AvgIpc) is 3.23. The van der Waals surface area contributed by atoms with Crippen LogP contribution in [-0.2, 0) is 6.54 Å². The molecule has 1 aliphatic rings. The van der Waals surface area contributed by atoms with Gasteiger partial charge in [-0.05, 0) is 49.7 Å². The molecule has 0 spiro atoms. The normalized spacial score (nSPS) is 16.7. The van der Waals surface area contributed by atoms with Crippen LogP contribution in [0.15, 0.2) is 15.5 Å². The highest BCUT2D eigenvalue weighted by Crippen LogP contribution is 2.27. The van der Waals surface area contributed by atoms with E-state index >= 15 is 0 Å². The Balaban J connectivity index is 1.99. The molecular weight excluding hydrogens is 308 g/mol. The number of anilines is 1. The molecular formula is C13H21BrN4O. The average molecular weight is 329 g/mol. The highest BCUT2D eigenvalue weighted by atomic mass is 79.9. The van der Waals surface area contributed by atoms with Crippen LogP contribution in [0.1, 0.15) is 26.7 Å². The van der Waals surface area contributed by atoms with E-state index in [9.17, 15) is 4.79 Å². The molecule has 6 heteroatoms. The second-order valence-corrected chi connectivity index (χ2v) is 5.91. The van der Waals surface area contributed by atoms with Crippen LogP contribution in [0.4, 0.5) is 5.69 Å². The molecule has 1 aliphatic carbocycles. The van der Waals surface area contributed by atoms with Crippen molar-refractivity contribution in [3.05, 3.63) is 21.0 Å². The Morgan fingerprint density at radius 2 is 2.32 bits per heavy atom. The number of likely N-dealkylation sites (N-methyl/N-ethyl adjacent to an activating group) is 1. The van der Waals surface area contributed by atoms with E-state index in [0.29, 0.717) is 17.1 Å². The van der Waals surface area contributed by atoms with Crippen molar-refractivity contribution in [3.63, 3.8) is 0 Å². The van der Waals surface area contributed by atoms with Crippen molar-refractivity contribution < 1.29 is 0 Å². The van der Waals surface area contributed by atoms with Crippen LogP contribution in [0.5, 0.6) is 0 Å². The predicted octanol–water partition coefficient (Wildman–Crippen LogP) is 1.92. The highest BCUT2D eigenvalue weighted by molar-refractivity contribution is 9.10. The first-order valence-electron chi connectivity index (χ1n) is 6.76. The third-order valence-electron chi connectivity index (χ3n) is 3.69. The summed E-state index contributed by atoms with van der Waals surface area (Å²) in [5.74, 6) is 0. The molecule has 2 rings (SSSR count). The van der Waals surface area contributed by atoms with Crippen LogP contribution in [0, 0.1) is 0 Å². The Hall–Kier alpha value is -0.880. The van der Waals surface area contributed by atoms with E-state index in [-0.39, 0.29) is 5.56 Å². The molecule has 1 aromatic heterocycles. The van der Waals surface area contributed by atoms with Crippen molar-refractivity contribution in [2.24, 2.45) is 0 Å². The van der Waals surface area contributed by atoms with E-state index in [2.05, 4.69) is 45.2 Å². The zero-order valence-corrected chi connectivity index (χ0v) is 13.3. The third kappa shape index (κ3) is 3.36. The minimum Gasteiger partial charge on any atom is -0.381 e. The molecule has 5 nitrogen and oxygen atoms in total. The van der Waals surface area contributed by atoms with Crippen LogP contribution in [0.2, 0.25) is 0 Å². The number of halogens is 1. The lowest BCUT2D eigenvalue weighted by Gasteiger charge is -2.25. The van der Waals surface area contributed by atoms with E-state index in [1.165, 1.54) is 17.5 Å². The molecule has 106 valence electrons. The summed E-state index contributed by atoms with van der Waals surface area (Å²) in [6, 6.07) is 1.18. The third-order valence-corrected chi connectivity index (χ3v) is 4.46. The molecule has 0 saturated heterocycles. The first kappa shape index (κ1) is 14.5. The summed E-state index contributed by atoms with van der Waals surface area (Å²) < 4.78 is 2.00. The number of aryl methyl sites for hydroxylation is 1. The van der Waals surface area contributed by atoms with Crippen LogP contribution in [0.3, 0.4) is 0 Å². The minimum absolute atomic E-state index is 0.0873. The van der Waals surface area contributed by atoms with Gasteiger partial charge in [-0.15, -0.1) is 0 Å². The molecule has 0 bridgehead atoms. The smallest absolute Gasteiger partial charge is 0.283 e. The van der Waals surface area contributed by atoms with Crippen LogP contribution >= 0.6 is 15.9 Å². The SMILES string of the molecule is CCn1ncc(NCC(C)N(C)C2CC2)c(Br)c1=O. The van der Waals surface area contributed by atoms with Crippen LogP contribution in [-0.4, -0.2) is 40.4 Å². The van der Waals surface area contributed by atoms with Gasteiger partial charge in [0.15, 0.2) is 0 Å². The predicted molar refractivity (Wildman–Crippen MR) is 80.6 cm³/mol. The summed E-state index contributed by atoms with van der Waals surface area (Å²) in [6.45, 7) is 5.49. The largest absolute Gasteiger partial charge is 0.381 e. The van der Waals surface area contributed by atoms with Gasteiger partial charge < -0.3 is 5.32 Å². The minimum atomic E-state index is -0.0873. The molecule has 1 fully saturated rings. The van der Waals surface area contributed by atoms with E-state index < -0.39 is 0 Å². The Kier molecular flexibility index (Phi) is 4.62. The van der Waals surface area contributed by atoms with Crippen molar-refractivity contribution in [2.75, 3.05) is 18.9 Å². The molecule has 1 saturated carbocycles. The Morgan fingerprint density at radius 1 is 1.63 bits per heavy atom. The van der Waals surface area contributed by atoms with Gasteiger partial charge in [-0.3, -0.25) is 9.69 Å². The number of hydrogen-bond acceptors (Lipinski definition) is 4. The monoisotopic (exact) mass is 328 g/mol. The molecule has 1 atom stereocenters. The topological polar surface area (TPSA) is 50.2 Å². The lowest BCUT2D eigenvalue weighted by atomic mass is 10.3. The summed E-state index contributed by atoms with van der Waals surface area (Å²) in [4.78, 5) is 14.3. The maximum Gasteiger partial charge on any atom is 0.283 e. The Bertz CT molecular complexity index is 498. The first-order valence-corrected chi connectivity index (χ1v) is 7.55. The molecule has 1 heterocycles. The molecule has 0 radical (unpaired) electrons. The van der Waals surface area contributed by atoms with E-state index in [1.807, 2.05) is 6.92 Å². The number of nitrogens with zero attached hydrogens (tertiary/aromatic N) is 3. The lowest BCUT2D eigenvalue weighted by Crippen LogP contribution is -2.36. The summed E-state index contributed by atoms with van der Waals surface area (Å²) in [5, 5.41) is 7.43. The first-order chi connectivity index (χ1) is 9.04. The molecule has 0 aliphatic heterocycles. The zero-order valence-electron chi connectivity index (χ0n) is 11.7. The zero-order chi connectivity index (χ0) is 14.0. The van der Waals surface area contributed by atoms with Crippen LogP contribution in [0.25, 0.3) is 0 Å². The second-order valence-electron chi connectivity index (χ2n) is 5.12. The van der Waals surface area contributed by atoms with Gasteiger partial charge >= 0.3 is 0 Å². The molecule has 0 aromatic carbocycles. The van der Waals surface area contributed by atoms with Crippen LogP contribution < -0.4 is 10.9 Å². The van der Waals surface area contributed by atoms with Crippen molar-refractivity contribution in [3.8, 4) is 0 Å². The van der Waals surface area contributed by atoms with Crippen molar-refractivity contribution in [1.82, 2.24) is 14.7 Å². The molecule has 0 amide bonds. The standard InChI is InChI=1S/C13H21BrN4O/c1-4-18-13(19)12(14)11(8-16-18)15-7-9(2)17(3)10-5-6-10/h8-10,15H,4-7H2,1-3H3. The quantitative estimate of drug-likeness (QED) is 0.866. The van der Waals surface area contributed by atoms with Gasteiger partial charge in [-0.1, -0.05) is 0 Å². The Morgan fingerprint density at radius 3 is 2.89 bits per heavy atom. The maximum atomic E-state index is 11.9. The molecule has 1 aromatic rings. The van der Waals surface area contributed by atoms with Gasteiger partial charge in [-0.2, -0.15) is 5.10 Å². The van der Waals surface area contributed by atoms with Gasteiger partial charge in [-0.25, -0.2) is 4.68 Å². The summed E-state index contributed by atoms with van der Waals surface area (Å²) in [5.41, 5.74) is 0.682. The number of aromatic nitrogens is 2. The fraction of sp³-hybridized carbons (Fsp3) is 0.692. The van der Waals surface area contributed by atoms with Crippen molar-refractivity contribution in [1.29, 1.82) is 0 Å². The summed E-state index contributed by atoms with van der Waals surface area (Å²) in [6.07, 6.45) is 4.32. The summed E-state index contributed by atoms with van der Waals surface area (Å²) in [7, 11) is 2.16. The van der Waals surface area contributed by atoms with Crippen molar-refractivity contribution >= 4 is 21.6 Å². The fourth-order valence-corrected chi connectivity index (χ4v) is 2.50. The molecule has 1 unspecified atom stereocenters. The van der Waals surface area contributed by atoms with Crippen molar-refractivity contribution in [2.45, 2.75) is 45.3 Å². The van der Waals surface area contributed by atoms with E-state index in [4.69, 9.17) is 0 Å². The number of rotatable bonds is 6. The maximum absolute atomic E-state index is 11.9. The van der Waals surface area contributed by atoms with Gasteiger partial charge in [0.25, 0.3) is 5.56 Å². The number of nitrogens with one attached hydrogen (secondary N) is 1. The second kappa shape index (κ2) is 6.05. The molecule has 19 heavy (non-hydrogen) atoms. The highest BCUT2D eigenvalue weighted by Gasteiger charge is 2.28. The molecule has 1 N–H and O–H groups in total. The van der Waals surface area contributed by atoms with E-state index in [0.717, 1.165) is 18.3 Å². The van der Waals surface area contributed by atoms with Gasteiger partial charge in [0.2, 0.25) is 0 Å². The van der Waals surface area contributed by atoms with Gasteiger partial charge in [0.05, 0.1) is 11.9 Å². The Labute approximate surface area is 122 Å². The lowest BCUT2D eigenvalue weighted by molar-refractivity contribution is 0.257. The van der Waals surface area contributed by atoms with E-state index in [1.54, 1.807) is 6.20 Å². The number of hydrogen-bond donors (Lipinski definition) is 1. The fourth-order valence-electron chi connectivity index (χ4n) is 2.06. The van der Waals surface area contributed by atoms with Gasteiger partial charge in [0.1, 0.15) is 4.47 Å².